The topological polar surface area (TPSA) is 95.9 Å². The highest BCUT2D eigenvalue weighted by atomic mass is 32.1. The molecule has 0 saturated heterocycles. The third-order valence-corrected chi connectivity index (χ3v) is 5.65. The first-order valence-corrected chi connectivity index (χ1v) is 10.4. The van der Waals surface area contributed by atoms with Gasteiger partial charge in [-0.2, -0.15) is 10.1 Å². The fourth-order valence-corrected chi connectivity index (χ4v) is 4.03. The van der Waals surface area contributed by atoms with Crippen LogP contribution in [0, 0.1) is 6.92 Å². The summed E-state index contributed by atoms with van der Waals surface area (Å²) in [6.45, 7) is 1.74. The molecule has 1 aromatic carbocycles. The van der Waals surface area contributed by atoms with Crippen LogP contribution in [0.1, 0.15) is 21.9 Å². The Hall–Kier alpha value is -3.85. The molecule has 0 saturated carbocycles. The lowest BCUT2D eigenvalue weighted by Crippen LogP contribution is -2.08. The van der Waals surface area contributed by atoms with Gasteiger partial charge in [0.1, 0.15) is 0 Å². The minimum absolute atomic E-state index is 0.0997. The smallest absolute Gasteiger partial charge is 0.339 e. The van der Waals surface area contributed by atoms with E-state index in [1.165, 1.54) is 11.3 Å². The number of esters is 1. The van der Waals surface area contributed by atoms with Gasteiger partial charge in [-0.05, 0) is 24.4 Å². The van der Waals surface area contributed by atoms with Gasteiger partial charge in [-0.1, -0.05) is 41.6 Å². The molecule has 0 bridgehead atoms. The van der Waals surface area contributed by atoms with Crippen molar-refractivity contribution in [2.45, 2.75) is 13.5 Å². The van der Waals surface area contributed by atoms with Gasteiger partial charge in [-0.25, -0.2) is 9.78 Å². The molecule has 4 heterocycles. The Labute approximate surface area is 181 Å². The molecule has 5 rings (SSSR count). The Morgan fingerprint density at radius 1 is 1.16 bits per heavy atom. The first-order valence-electron chi connectivity index (χ1n) is 9.53. The average Bonchev–Trinajstić information content (AvgIpc) is 3.53. The molecule has 31 heavy (non-hydrogen) atoms. The Bertz CT molecular complexity index is 1370. The third kappa shape index (κ3) is 3.59. The van der Waals surface area contributed by atoms with Gasteiger partial charge in [-0.3, -0.25) is 4.68 Å². The fourth-order valence-electron chi connectivity index (χ4n) is 3.38. The SMILES string of the molecule is Cc1nn(C)c2nc(-c3ccccc3)cc(C(=O)OCc3noc(-c4cccs4)n3)c12. The van der Waals surface area contributed by atoms with E-state index in [0.29, 0.717) is 39.7 Å². The number of rotatable bonds is 5. The number of hydrogen-bond acceptors (Lipinski definition) is 8. The molecule has 0 unspecified atom stereocenters. The number of ether oxygens (including phenoxy) is 1. The van der Waals surface area contributed by atoms with Gasteiger partial charge in [0.25, 0.3) is 5.89 Å². The summed E-state index contributed by atoms with van der Waals surface area (Å²) < 4.78 is 12.4. The van der Waals surface area contributed by atoms with Gasteiger partial charge in [0.15, 0.2) is 12.3 Å². The standard InChI is InChI=1S/C22H17N5O3S/c1-13-19-15(11-16(14-7-4-3-5-8-14)23-20(19)27(2)25-13)22(28)29-12-18-24-21(30-26-18)17-9-6-10-31-17/h3-11H,12H2,1-2H3. The van der Waals surface area contributed by atoms with Gasteiger partial charge < -0.3 is 9.26 Å². The number of benzene rings is 1. The van der Waals surface area contributed by atoms with Crippen LogP contribution in [0.25, 0.3) is 33.1 Å². The summed E-state index contributed by atoms with van der Waals surface area (Å²) in [6.07, 6.45) is 0. The number of thiophene rings is 1. The Morgan fingerprint density at radius 3 is 2.77 bits per heavy atom. The highest BCUT2D eigenvalue weighted by Crippen LogP contribution is 2.28. The Balaban J connectivity index is 1.46. The van der Waals surface area contributed by atoms with Crippen molar-refractivity contribution in [3.63, 3.8) is 0 Å². The van der Waals surface area contributed by atoms with E-state index in [-0.39, 0.29) is 6.61 Å². The fraction of sp³-hybridized carbons (Fsp3) is 0.136. The summed E-state index contributed by atoms with van der Waals surface area (Å²) in [6, 6.07) is 15.2. The summed E-state index contributed by atoms with van der Waals surface area (Å²) >= 11 is 1.50. The van der Waals surface area contributed by atoms with Crippen LogP contribution in [0.4, 0.5) is 0 Å². The molecule has 0 atom stereocenters. The molecular weight excluding hydrogens is 414 g/mol. The molecule has 8 nitrogen and oxygen atoms in total. The number of hydrogen-bond donors (Lipinski definition) is 0. The Morgan fingerprint density at radius 2 is 2.00 bits per heavy atom. The first kappa shape index (κ1) is 19.1. The maximum Gasteiger partial charge on any atom is 0.339 e. The number of nitrogens with zero attached hydrogens (tertiary/aromatic N) is 5. The van der Waals surface area contributed by atoms with E-state index in [4.69, 9.17) is 14.2 Å². The van der Waals surface area contributed by atoms with Crippen LogP contribution in [0.2, 0.25) is 0 Å². The lowest BCUT2D eigenvalue weighted by Gasteiger charge is -2.08. The number of carbonyl (C=O) groups excluding carboxylic acids is 1. The maximum atomic E-state index is 13.0. The molecule has 0 radical (unpaired) electrons. The van der Waals surface area contributed by atoms with Crippen LogP contribution in [0.15, 0.2) is 58.4 Å². The van der Waals surface area contributed by atoms with E-state index in [1.807, 2.05) is 54.8 Å². The molecule has 0 aliphatic heterocycles. The van der Waals surface area contributed by atoms with Crippen LogP contribution in [-0.2, 0) is 18.4 Å². The number of aryl methyl sites for hydroxylation is 2. The van der Waals surface area contributed by atoms with E-state index in [2.05, 4.69) is 15.2 Å². The van der Waals surface area contributed by atoms with E-state index in [9.17, 15) is 4.79 Å². The summed E-state index contributed by atoms with van der Waals surface area (Å²) in [5.41, 5.74) is 3.29. The molecule has 0 fully saturated rings. The van der Waals surface area contributed by atoms with Gasteiger partial charge in [0, 0.05) is 12.6 Å². The van der Waals surface area contributed by atoms with Crippen molar-refractivity contribution < 1.29 is 14.1 Å². The van der Waals surface area contributed by atoms with Crippen LogP contribution in [0.5, 0.6) is 0 Å². The summed E-state index contributed by atoms with van der Waals surface area (Å²) in [4.78, 5) is 22.9. The summed E-state index contributed by atoms with van der Waals surface area (Å²) in [5.74, 6) is 0.207. The number of carbonyl (C=O) groups is 1. The largest absolute Gasteiger partial charge is 0.454 e. The van der Waals surface area contributed by atoms with Crippen molar-refractivity contribution in [1.29, 1.82) is 0 Å². The molecule has 9 heteroatoms. The lowest BCUT2D eigenvalue weighted by atomic mass is 10.1. The van der Waals surface area contributed by atoms with Crippen molar-refractivity contribution in [2.24, 2.45) is 7.05 Å². The van der Waals surface area contributed by atoms with Gasteiger partial charge in [-0.15, -0.1) is 11.3 Å². The van der Waals surface area contributed by atoms with Crippen molar-refractivity contribution in [3.8, 4) is 22.0 Å². The van der Waals surface area contributed by atoms with E-state index in [0.717, 1.165) is 10.4 Å². The van der Waals surface area contributed by atoms with Crippen LogP contribution < -0.4 is 0 Å². The molecule has 0 aliphatic rings. The zero-order valence-corrected chi connectivity index (χ0v) is 17.6. The second-order valence-corrected chi connectivity index (χ2v) is 7.85. The molecule has 4 aromatic heterocycles. The van der Waals surface area contributed by atoms with Crippen molar-refractivity contribution in [3.05, 3.63) is 71.0 Å². The number of aromatic nitrogens is 5. The van der Waals surface area contributed by atoms with Crippen LogP contribution in [0.3, 0.4) is 0 Å². The van der Waals surface area contributed by atoms with Gasteiger partial charge in [0.05, 0.1) is 27.2 Å². The summed E-state index contributed by atoms with van der Waals surface area (Å²) in [7, 11) is 1.80. The van der Waals surface area contributed by atoms with E-state index < -0.39 is 5.97 Å². The maximum absolute atomic E-state index is 13.0. The second kappa shape index (κ2) is 7.77. The van der Waals surface area contributed by atoms with Crippen LogP contribution >= 0.6 is 11.3 Å². The normalized spacial score (nSPS) is 11.2. The predicted molar refractivity (Wildman–Crippen MR) is 115 cm³/mol. The van der Waals surface area contributed by atoms with Crippen molar-refractivity contribution in [2.75, 3.05) is 0 Å². The summed E-state index contributed by atoms with van der Waals surface area (Å²) in [5, 5.41) is 10.9. The quantitative estimate of drug-likeness (QED) is 0.380. The van der Waals surface area contributed by atoms with E-state index in [1.54, 1.807) is 17.8 Å². The second-order valence-electron chi connectivity index (χ2n) is 6.90. The molecular formula is C22H17N5O3S. The van der Waals surface area contributed by atoms with Crippen molar-refractivity contribution >= 4 is 28.3 Å². The molecule has 0 amide bonds. The lowest BCUT2D eigenvalue weighted by molar-refractivity contribution is 0.0462. The zero-order valence-electron chi connectivity index (χ0n) is 16.8. The molecule has 154 valence electrons. The van der Waals surface area contributed by atoms with Crippen LogP contribution in [-0.4, -0.2) is 30.9 Å². The molecule has 0 N–H and O–H groups in total. The van der Waals surface area contributed by atoms with Gasteiger partial charge >= 0.3 is 5.97 Å². The van der Waals surface area contributed by atoms with Gasteiger partial charge in [0.2, 0.25) is 5.82 Å². The average molecular weight is 431 g/mol. The molecule has 0 spiro atoms. The first-order chi connectivity index (χ1) is 15.1. The minimum atomic E-state index is -0.497. The number of fused-ring (bicyclic) bond motifs is 1. The third-order valence-electron chi connectivity index (χ3n) is 4.79. The highest BCUT2D eigenvalue weighted by Gasteiger charge is 2.21. The molecule has 0 aliphatic carbocycles. The zero-order chi connectivity index (χ0) is 21.4. The van der Waals surface area contributed by atoms with E-state index >= 15 is 0 Å². The number of pyridine rings is 1. The highest BCUT2D eigenvalue weighted by molar-refractivity contribution is 7.13. The monoisotopic (exact) mass is 431 g/mol. The predicted octanol–water partition coefficient (Wildman–Crippen LogP) is 4.41. The minimum Gasteiger partial charge on any atom is -0.454 e. The Kier molecular flexibility index (Phi) is 4.79. The van der Waals surface area contributed by atoms with Crippen molar-refractivity contribution in [1.82, 2.24) is 24.9 Å². The molecule has 5 aromatic rings.